The van der Waals surface area contributed by atoms with Crippen LogP contribution in [0.1, 0.15) is 40.0 Å². The molecule has 0 aromatic heterocycles. The van der Waals surface area contributed by atoms with Crippen molar-refractivity contribution in [2.24, 2.45) is 23.7 Å². The second-order valence-corrected chi connectivity index (χ2v) is 6.51. The number of allylic oxidation sites excluding steroid dienone is 2. The largest absolute Gasteiger partial charge is 0.381 e. The highest BCUT2D eigenvalue weighted by atomic mass is 16.5. The molecule has 4 atom stereocenters. The van der Waals surface area contributed by atoms with Crippen molar-refractivity contribution in [1.82, 2.24) is 5.32 Å². The van der Waals surface area contributed by atoms with E-state index in [0.29, 0.717) is 12.0 Å². The zero-order valence-electron chi connectivity index (χ0n) is 12.2. The van der Waals surface area contributed by atoms with E-state index >= 15 is 0 Å². The fraction of sp³-hybridized carbons (Fsp3) is 0.875. The van der Waals surface area contributed by atoms with Gasteiger partial charge in [-0.25, -0.2) is 0 Å². The lowest BCUT2D eigenvalue weighted by atomic mass is 9.87. The smallest absolute Gasteiger partial charge is 0.0489 e. The Bertz CT molecular complexity index is 274. The van der Waals surface area contributed by atoms with Gasteiger partial charge in [0.1, 0.15) is 0 Å². The van der Waals surface area contributed by atoms with Crippen molar-refractivity contribution in [1.29, 1.82) is 0 Å². The van der Waals surface area contributed by atoms with Crippen LogP contribution >= 0.6 is 0 Å². The molecule has 0 radical (unpaired) electrons. The third-order valence-corrected chi connectivity index (χ3v) is 4.36. The summed E-state index contributed by atoms with van der Waals surface area (Å²) in [6.07, 6.45) is 8.82. The predicted molar refractivity (Wildman–Crippen MR) is 76.6 cm³/mol. The highest BCUT2D eigenvalue weighted by molar-refractivity contribution is 5.11. The van der Waals surface area contributed by atoms with Gasteiger partial charge in [-0.2, -0.15) is 0 Å². The minimum atomic E-state index is 0.651. The van der Waals surface area contributed by atoms with E-state index in [1.54, 1.807) is 0 Å². The Kier molecular flexibility index (Phi) is 5.25. The Morgan fingerprint density at radius 2 is 2.06 bits per heavy atom. The third kappa shape index (κ3) is 3.83. The third-order valence-electron chi connectivity index (χ3n) is 4.36. The molecule has 2 nitrogen and oxygen atoms in total. The van der Waals surface area contributed by atoms with E-state index in [4.69, 9.17) is 4.74 Å². The summed E-state index contributed by atoms with van der Waals surface area (Å²) in [6, 6.07) is 0.662. The topological polar surface area (TPSA) is 21.3 Å². The van der Waals surface area contributed by atoms with Crippen LogP contribution in [0.5, 0.6) is 0 Å². The molecule has 18 heavy (non-hydrogen) atoms. The Hall–Kier alpha value is -0.340. The second kappa shape index (κ2) is 6.72. The molecule has 0 aliphatic heterocycles. The molecule has 0 aromatic carbocycles. The standard InChI is InChI=1S/C16H29NO/c1-12(2)11-18-8-4-7-17-13(3)16-10-14-5-6-15(16)9-14/h5-6,12-17H,4,7-11H2,1-3H3. The molecule has 4 unspecified atom stereocenters. The van der Waals surface area contributed by atoms with Crippen LogP contribution in [-0.2, 0) is 4.74 Å². The van der Waals surface area contributed by atoms with E-state index in [1.807, 2.05) is 0 Å². The van der Waals surface area contributed by atoms with Crippen LogP contribution in [0.4, 0.5) is 0 Å². The molecular weight excluding hydrogens is 222 g/mol. The summed E-state index contributed by atoms with van der Waals surface area (Å²) >= 11 is 0. The van der Waals surface area contributed by atoms with Crippen LogP contribution in [0.2, 0.25) is 0 Å². The van der Waals surface area contributed by atoms with Gasteiger partial charge in [-0.15, -0.1) is 0 Å². The number of hydrogen-bond acceptors (Lipinski definition) is 2. The van der Waals surface area contributed by atoms with Crippen LogP contribution in [0, 0.1) is 23.7 Å². The lowest BCUT2D eigenvalue weighted by Crippen LogP contribution is -2.36. The van der Waals surface area contributed by atoms with Crippen LogP contribution in [-0.4, -0.2) is 25.8 Å². The normalized spacial score (nSPS) is 31.4. The lowest BCUT2D eigenvalue weighted by Gasteiger charge is -2.26. The van der Waals surface area contributed by atoms with Gasteiger partial charge in [0.2, 0.25) is 0 Å². The Morgan fingerprint density at radius 3 is 2.67 bits per heavy atom. The van der Waals surface area contributed by atoms with Crippen molar-refractivity contribution < 1.29 is 4.74 Å². The Morgan fingerprint density at radius 1 is 1.22 bits per heavy atom. The van der Waals surface area contributed by atoms with Crippen molar-refractivity contribution in [3.05, 3.63) is 12.2 Å². The Balaban J connectivity index is 1.53. The summed E-state index contributed by atoms with van der Waals surface area (Å²) in [6.45, 7) is 9.64. The first kappa shape index (κ1) is 14.1. The number of hydrogen-bond donors (Lipinski definition) is 1. The molecule has 2 rings (SSSR count). The predicted octanol–water partition coefficient (Wildman–Crippen LogP) is 3.24. The zero-order valence-corrected chi connectivity index (χ0v) is 12.2. The molecule has 0 saturated heterocycles. The number of rotatable bonds is 8. The molecule has 2 heteroatoms. The molecule has 0 spiro atoms. The van der Waals surface area contributed by atoms with Crippen LogP contribution in [0.3, 0.4) is 0 Å². The molecular formula is C16H29NO. The van der Waals surface area contributed by atoms with Crippen LogP contribution in [0.25, 0.3) is 0 Å². The van der Waals surface area contributed by atoms with Crippen molar-refractivity contribution >= 4 is 0 Å². The van der Waals surface area contributed by atoms with Crippen molar-refractivity contribution in [2.45, 2.75) is 46.1 Å². The molecule has 0 heterocycles. The maximum Gasteiger partial charge on any atom is 0.0489 e. The van der Waals surface area contributed by atoms with Gasteiger partial charge in [0.15, 0.2) is 0 Å². The molecule has 2 bridgehead atoms. The highest BCUT2D eigenvalue weighted by Crippen LogP contribution is 2.44. The fourth-order valence-corrected chi connectivity index (χ4v) is 3.37. The molecule has 2 aliphatic carbocycles. The summed E-state index contributed by atoms with van der Waals surface area (Å²) in [5.41, 5.74) is 0. The molecule has 1 fully saturated rings. The summed E-state index contributed by atoms with van der Waals surface area (Å²) in [5, 5.41) is 3.68. The van der Waals surface area contributed by atoms with Crippen LogP contribution in [0.15, 0.2) is 12.2 Å². The molecule has 1 N–H and O–H groups in total. The van der Waals surface area contributed by atoms with E-state index in [1.165, 1.54) is 12.8 Å². The molecule has 0 amide bonds. The first-order valence-corrected chi connectivity index (χ1v) is 7.66. The van der Waals surface area contributed by atoms with Gasteiger partial charge < -0.3 is 10.1 Å². The van der Waals surface area contributed by atoms with Crippen molar-refractivity contribution in [3.63, 3.8) is 0 Å². The van der Waals surface area contributed by atoms with Gasteiger partial charge in [0.05, 0.1) is 0 Å². The van der Waals surface area contributed by atoms with E-state index in [2.05, 4.69) is 38.2 Å². The average Bonchev–Trinajstić information content (AvgIpc) is 2.94. The van der Waals surface area contributed by atoms with E-state index in [9.17, 15) is 0 Å². The average molecular weight is 251 g/mol. The minimum Gasteiger partial charge on any atom is -0.381 e. The summed E-state index contributed by atoms with van der Waals surface area (Å²) < 4.78 is 5.60. The van der Waals surface area contributed by atoms with E-state index in [-0.39, 0.29) is 0 Å². The molecule has 2 aliphatic rings. The Labute approximate surface area is 112 Å². The first-order chi connectivity index (χ1) is 8.66. The van der Waals surface area contributed by atoms with Gasteiger partial charge >= 0.3 is 0 Å². The highest BCUT2D eigenvalue weighted by Gasteiger charge is 2.38. The van der Waals surface area contributed by atoms with E-state index in [0.717, 1.165) is 43.9 Å². The molecule has 1 saturated carbocycles. The number of ether oxygens (including phenoxy) is 1. The van der Waals surface area contributed by atoms with Gasteiger partial charge in [0, 0.05) is 19.3 Å². The fourth-order valence-electron chi connectivity index (χ4n) is 3.37. The second-order valence-electron chi connectivity index (χ2n) is 6.51. The first-order valence-electron chi connectivity index (χ1n) is 7.66. The van der Waals surface area contributed by atoms with Crippen LogP contribution < -0.4 is 5.32 Å². The van der Waals surface area contributed by atoms with Crippen molar-refractivity contribution in [2.75, 3.05) is 19.8 Å². The SMILES string of the molecule is CC(C)COCCCNC(C)C1CC2C=CC1C2. The van der Waals surface area contributed by atoms with Gasteiger partial charge in [-0.1, -0.05) is 26.0 Å². The summed E-state index contributed by atoms with van der Waals surface area (Å²) in [4.78, 5) is 0. The van der Waals surface area contributed by atoms with Gasteiger partial charge in [0.25, 0.3) is 0 Å². The minimum absolute atomic E-state index is 0.651. The number of fused-ring (bicyclic) bond motifs is 2. The van der Waals surface area contributed by atoms with E-state index < -0.39 is 0 Å². The molecule has 0 aromatic rings. The summed E-state index contributed by atoms with van der Waals surface area (Å²) in [7, 11) is 0. The van der Waals surface area contributed by atoms with Gasteiger partial charge in [-0.3, -0.25) is 0 Å². The number of nitrogens with one attached hydrogen (secondary N) is 1. The van der Waals surface area contributed by atoms with Crippen molar-refractivity contribution in [3.8, 4) is 0 Å². The maximum absolute atomic E-state index is 5.60. The monoisotopic (exact) mass is 251 g/mol. The maximum atomic E-state index is 5.60. The zero-order chi connectivity index (χ0) is 13.0. The summed E-state index contributed by atoms with van der Waals surface area (Å²) in [5.74, 6) is 3.27. The quantitative estimate of drug-likeness (QED) is 0.528. The van der Waals surface area contributed by atoms with Gasteiger partial charge in [-0.05, 0) is 56.4 Å². The molecule has 104 valence electrons. The lowest BCUT2D eigenvalue weighted by molar-refractivity contribution is 0.107.